The number of benzene rings is 2. The molecule has 21 heavy (non-hydrogen) atoms. The molecular formula is C17H18N2O2. The number of hydrogen-bond acceptors (Lipinski definition) is 3. The third-order valence-corrected chi connectivity index (χ3v) is 3.80. The maximum absolute atomic E-state index is 11.6. The Morgan fingerprint density at radius 2 is 1.52 bits per heavy atom. The van der Waals surface area contributed by atoms with Crippen LogP contribution in [0.3, 0.4) is 0 Å². The number of nitrogens with one attached hydrogen (secondary N) is 1. The average molecular weight is 282 g/mol. The summed E-state index contributed by atoms with van der Waals surface area (Å²) < 4.78 is 5.93. The summed E-state index contributed by atoms with van der Waals surface area (Å²) in [5.41, 5.74) is 6.69. The van der Waals surface area contributed by atoms with Gasteiger partial charge in [0.2, 0.25) is 5.91 Å². The van der Waals surface area contributed by atoms with Crippen LogP contribution in [0.5, 0.6) is 11.5 Å². The van der Waals surface area contributed by atoms with Crippen molar-refractivity contribution < 1.29 is 9.53 Å². The number of carbonyl (C=O) groups is 1. The lowest BCUT2D eigenvalue weighted by molar-refractivity contribution is -0.123. The van der Waals surface area contributed by atoms with E-state index in [-0.39, 0.29) is 11.9 Å². The van der Waals surface area contributed by atoms with E-state index in [0.29, 0.717) is 0 Å². The van der Waals surface area contributed by atoms with E-state index in [1.165, 1.54) is 0 Å². The minimum Gasteiger partial charge on any atom is -0.457 e. The highest BCUT2D eigenvalue weighted by Gasteiger charge is 2.34. The van der Waals surface area contributed by atoms with Gasteiger partial charge in [0.1, 0.15) is 11.5 Å². The van der Waals surface area contributed by atoms with Crippen molar-refractivity contribution in [3.8, 4) is 11.5 Å². The SMILES string of the molecule is CC(C)(NC1c2ccccc2Oc2ccccc21)C(N)=O. The normalized spacial score (nSPS) is 14.0. The molecule has 0 radical (unpaired) electrons. The highest BCUT2D eigenvalue weighted by Crippen LogP contribution is 2.43. The molecule has 1 amide bonds. The van der Waals surface area contributed by atoms with Gasteiger partial charge in [0.25, 0.3) is 0 Å². The molecule has 0 saturated carbocycles. The van der Waals surface area contributed by atoms with Crippen molar-refractivity contribution in [3.63, 3.8) is 0 Å². The van der Waals surface area contributed by atoms with E-state index >= 15 is 0 Å². The molecule has 4 heteroatoms. The van der Waals surface area contributed by atoms with Gasteiger partial charge < -0.3 is 10.5 Å². The second kappa shape index (κ2) is 4.90. The highest BCUT2D eigenvalue weighted by atomic mass is 16.5. The van der Waals surface area contributed by atoms with Gasteiger partial charge >= 0.3 is 0 Å². The maximum Gasteiger partial charge on any atom is 0.237 e. The van der Waals surface area contributed by atoms with Crippen LogP contribution in [0, 0.1) is 0 Å². The molecule has 0 saturated heterocycles. The summed E-state index contributed by atoms with van der Waals surface area (Å²) in [5.74, 6) is 1.21. The van der Waals surface area contributed by atoms with Crippen molar-refractivity contribution in [2.24, 2.45) is 5.73 Å². The summed E-state index contributed by atoms with van der Waals surface area (Å²) in [5, 5.41) is 3.35. The van der Waals surface area contributed by atoms with E-state index in [4.69, 9.17) is 10.5 Å². The zero-order valence-electron chi connectivity index (χ0n) is 12.1. The van der Waals surface area contributed by atoms with Crippen LogP contribution in [-0.2, 0) is 4.79 Å². The second-order valence-electron chi connectivity index (χ2n) is 5.74. The van der Waals surface area contributed by atoms with Crippen molar-refractivity contribution >= 4 is 5.91 Å². The summed E-state index contributed by atoms with van der Waals surface area (Å²) in [4.78, 5) is 11.6. The van der Waals surface area contributed by atoms with Crippen LogP contribution >= 0.6 is 0 Å². The quantitative estimate of drug-likeness (QED) is 0.909. The second-order valence-corrected chi connectivity index (χ2v) is 5.74. The predicted octanol–water partition coefficient (Wildman–Crippen LogP) is 2.74. The Balaban J connectivity index is 2.09. The van der Waals surface area contributed by atoms with Crippen LogP contribution in [-0.4, -0.2) is 11.4 Å². The van der Waals surface area contributed by atoms with E-state index in [2.05, 4.69) is 5.32 Å². The Morgan fingerprint density at radius 1 is 1.05 bits per heavy atom. The lowest BCUT2D eigenvalue weighted by Crippen LogP contribution is -2.52. The molecule has 0 aromatic heterocycles. The highest BCUT2D eigenvalue weighted by molar-refractivity contribution is 5.83. The molecule has 3 rings (SSSR count). The number of carbonyl (C=O) groups excluding carboxylic acids is 1. The van der Waals surface area contributed by atoms with E-state index in [9.17, 15) is 4.79 Å². The van der Waals surface area contributed by atoms with E-state index in [1.54, 1.807) is 13.8 Å². The Morgan fingerprint density at radius 3 is 2.00 bits per heavy atom. The fraction of sp³-hybridized carbons (Fsp3) is 0.235. The molecule has 0 fully saturated rings. The fourth-order valence-corrected chi connectivity index (χ4v) is 2.50. The van der Waals surface area contributed by atoms with Gasteiger partial charge in [-0.2, -0.15) is 0 Å². The minimum absolute atomic E-state index is 0.131. The third-order valence-electron chi connectivity index (χ3n) is 3.80. The Hall–Kier alpha value is -2.33. The molecule has 0 atom stereocenters. The van der Waals surface area contributed by atoms with E-state index < -0.39 is 5.54 Å². The van der Waals surface area contributed by atoms with Gasteiger partial charge in [-0.15, -0.1) is 0 Å². The molecule has 1 aliphatic rings. The van der Waals surface area contributed by atoms with Gasteiger partial charge in [0.15, 0.2) is 0 Å². The van der Waals surface area contributed by atoms with E-state index in [0.717, 1.165) is 22.6 Å². The summed E-state index contributed by atoms with van der Waals surface area (Å²) in [6.07, 6.45) is 0. The third kappa shape index (κ3) is 2.38. The monoisotopic (exact) mass is 282 g/mol. The Kier molecular flexibility index (Phi) is 3.18. The Labute approximate surface area is 123 Å². The number of fused-ring (bicyclic) bond motifs is 2. The maximum atomic E-state index is 11.6. The molecule has 2 aromatic rings. The molecule has 3 N–H and O–H groups in total. The van der Waals surface area contributed by atoms with Gasteiger partial charge in [-0.25, -0.2) is 0 Å². The topological polar surface area (TPSA) is 64.3 Å². The van der Waals surface area contributed by atoms with Gasteiger partial charge in [-0.05, 0) is 26.0 Å². The van der Waals surface area contributed by atoms with Crippen molar-refractivity contribution in [3.05, 3.63) is 59.7 Å². The van der Waals surface area contributed by atoms with Crippen molar-refractivity contribution in [1.29, 1.82) is 0 Å². The van der Waals surface area contributed by atoms with Crippen LogP contribution in [0.25, 0.3) is 0 Å². The van der Waals surface area contributed by atoms with Crippen LogP contribution in [0.4, 0.5) is 0 Å². The summed E-state index contributed by atoms with van der Waals surface area (Å²) >= 11 is 0. The number of para-hydroxylation sites is 2. The molecular weight excluding hydrogens is 264 g/mol. The van der Waals surface area contributed by atoms with E-state index in [1.807, 2.05) is 48.5 Å². The predicted molar refractivity (Wildman–Crippen MR) is 81.2 cm³/mol. The lowest BCUT2D eigenvalue weighted by atomic mass is 9.91. The van der Waals surface area contributed by atoms with Crippen molar-refractivity contribution in [2.45, 2.75) is 25.4 Å². The Bertz CT molecular complexity index is 649. The standard InChI is InChI=1S/C17H18N2O2/c1-17(2,16(18)20)19-15-11-7-3-5-9-13(11)21-14-10-6-4-8-12(14)15/h3-10,15,19H,1-2H3,(H2,18,20). The molecule has 2 aromatic carbocycles. The van der Waals surface area contributed by atoms with Crippen LogP contribution in [0.15, 0.2) is 48.5 Å². The minimum atomic E-state index is -0.817. The summed E-state index contributed by atoms with van der Waals surface area (Å²) in [6.45, 7) is 3.58. The molecule has 4 nitrogen and oxygen atoms in total. The summed E-state index contributed by atoms with van der Waals surface area (Å²) in [7, 11) is 0. The van der Waals surface area contributed by atoms with Crippen molar-refractivity contribution in [1.82, 2.24) is 5.32 Å². The average Bonchev–Trinajstić information content (AvgIpc) is 2.46. The largest absolute Gasteiger partial charge is 0.457 e. The van der Waals surface area contributed by atoms with Gasteiger partial charge in [0.05, 0.1) is 11.6 Å². The molecule has 0 spiro atoms. The van der Waals surface area contributed by atoms with Gasteiger partial charge in [-0.1, -0.05) is 36.4 Å². The van der Waals surface area contributed by atoms with Crippen LogP contribution < -0.4 is 15.8 Å². The lowest BCUT2D eigenvalue weighted by Gasteiger charge is -2.34. The molecule has 1 heterocycles. The smallest absolute Gasteiger partial charge is 0.237 e. The summed E-state index contributed by atoms with van der Waals surface area (Å²) in [6, 6.07) is 15.5. The number of rotatable bonds is 3. The van der Waals surface area contributed by atoms with Gasteiger partial charge in [-0.3, -0.25) is 10.1 Å². The first kappa shape index (κ1) is 13.6. The molecule has 108 valence electrons. The molecule has 0 unspecified atom stereocenters. The molecule has 0 aliphatic carbocycles. The number of ether oxygens (including phenoxy) is 1. The first-order valence-electron chi connectivity index (χ1n) is 6.92. The first-order valence-corrected chi connectivity index (χ1v) is 6.92. The number of primary amides is 1. The van der Waals surface area contributed by atoms with Crippen LogP contribution in [0.1, 0.15) is 31.0 Å². The van der Waals surface area contributed by atoms with Crippen molar-refractivity contribution in [2.75, 3.05) is 0 Å². The fourth-order valence-electron chi connectivity index (χ4n) is 2.50. The zero-order chi connectivity index (χ0) is 15.0. The first-order chi connectivity index (χ1) is 9.99. The number of nitrogens with two attached hydrogens (primary N) is 1. The number of amides is 1. The van der Waals surface area contributed by atoms with Gasteiger partial charge in [0, 0.05) is 11.1 Å². The zero-order valence-corrected chi connectivity index (χ0v) is 12.1. The molecule has 0 bridgehead atoms. The molecule has 1 aliphatic heterocycles. The number of hydrogen-bond donors (Lipinski definition) is 2. The van der Waals surface area contributed by atoms with Crippen LogP contribution in [0.2, 0.25) is 0 Å².